The molecular weight excluding hydrogens is 370 g/mol. The van der Waals surface area contributed by atoms with E-state index >= 15 is 0 Å². The molecule has 1 N–H and O–H groups in total. The van der Waals surface area contributed by atoms with Gasteiger partial charge in [-0.2, -0.15) is 0 Å². The highest BCUT2D eigenvalue weighted by Crippen LogP contribution is 2.28. The highest BCUT2D eigenvalue weighted by Gasteiger charge is 2.17. The lowest BCUT2D eigenvalue weighted by atomic mass is 10.2. The van der Waals surface area contributed by atoms with Crippen molar-refractivity contribution in [1.29, 1.82) is 0 Å². The van der Waals surface area contributed by atoms with Gasteiger partial charge in [-0.3, -0.25) is 4.79 Å². The van der Waals surface area contributed by atoms with Crippen LogP contribution in [0.3, 0.4) is 0 Å². The second kappa shape index (κ2) is 8.28. The van der Waals surface area contributed by atoms with Gasteiger partial charge in [0, 0.05) is 11.6 Å². The summed E-state index contributed by atoms with van der Waals surface area (Å²) in [5.74, 6) is 0.449. The molecule has 0 aliphatic heterocycles. The van der Waals surface area contributed by atoms with Gasteiger partial charge in [-0.25, -0.2) is 4.68 Å². The van der Waals surface area contributed by atoms with E-state index in [0.717, 1.165) is 10.0 Å². The third-order valence-electron chi connectivity index (χ3n) is 2.93. The fraction of sp³-hybridized carbons (Fsp3) is 0.400. The topological polar surface area (TPSA) is 46.9 Å². The lowest BCUT2D eigenvalue weighted by molar-refractivity contribution is -0.120. The standard InChI is InChI=1S/C15H18ClN3OS3/c1-9(2)8-17-13(20)10(3)22-14-18-19(15(21)23-14)12-6-4-11(16)5-7-12/h4-7,9-10H,8H2,1-3H3,(H,17,20). The van der Waals surface area contributed by atoms with E-state index in [0.29, 0.717) is 21.4 Å². The molecule has 0 spiro atoms. The van der Waals surface area contributed by atoms with Gasteiger partial charge in [0.05, 0.1) is 10.9 Å². The predicted octanol–water partition coefficient (Wildman–Crippen LogP) is 4.57. The van der Waals surface area contributed by atoms with E-state index in [-0.39, 0.29) is 11.2 Å². The Morgan fingerprint density at radius 2 is 2.04 bits per heavy atom. The largest absolute Gasteiger partial charge is 0.355 e. The molecule has 0 fully saturated rings. The zero-order valence-electron chi connectivity index (χ0n) is 13.1. The van der Waals surface area contributed by atoms with Crippen LogP contribution in [-0.2, 0) is 4.79 Å². The molecule has 1 atom stereocenters. The van der Waals surface area contributed by atoms with Crippen molar-refractivity contribution >= 4 is 52.8 Å². The van der Waals surface area contributed by atoms with Crippen LogP contribution < -0.4 is 5.32 Å². The van der Waals surface area contributed by atoms with Crippen LogP contribution in [0, 0.1) is 9.87 Å². The van der Waals surface area contributed by atoms with Gasteiger partial charge in [-0.05, 0) is 49.3 Å². The van der Waals surface area contributed by atoms with Gasteiger partial charge in [-0.15, -0.1) is 5.10 Å². The van der Waals surface area contributed by atoms with Gasteiger partial charge in [-0.1, -0.05) is 48.5 Å². The van der Waals surface area contributed by atoms with Crippen LogP contribution >= 0.6 is 46.9 Å². The lowest BCUT2D eigenvalue weighted by Crippen LogP contribution is -2.33. The summed E-state index contributed by atoms with van der Waals surface area (Å²) in [4.78, 5) is 12.0. The molecule has 124 valence electrons. The molecule has 23 heavy (non-hydrogen) atoms. The van der Waals surface area contributed by atoms with Crippen molar-refractivity contribution in [3.05, 3.63) is 33.2 Å². The molecule has 0 saturated carbocycles. The molecule has 0 bridgehead atoms. The third kappa shape index (κ3) is 5.31. The van der Waals surface area contributed by atoms with Gasteiger partial charge in [0.25, 0.3) is 0 Å². The molecule has 1 unspecified atom stereocenters. The number of aromatic nitrogens is 2. The number of thioether (sulfide) groups is 1. The van der Waals surface area contributed by atoms with Crippen LogP contribution in [0.2, 0.25) is 5.02 Å². The SMILES string of the molecule is CC(C)CNC(=O)C(C)Sc1nn(-c2ccc(Cl)cc2)c(=S)s1. The average molecular weight is 388 g/mol. The van der Waals surface area contributed by atoms with Crippen LogP contribution in [0.1, 0.15) is 20.8 Å². The minimum Gasteiger partial charge on any atom is -0.355 e. The number of nitrogens with zero attached hydrogens (tertiary/aromatic N) is 2. The van der Waals surface area contributed by atoms with Gasteiger partial charge >= 0.3 is 0 Å². The first-order chi connectivity index (χ1) is 10.9. The maximum Gasteiger partial charge on any atom is 0.233 e. The van der Waals surface area contributed by atoms with Crippen molar-refractivity contribution in [2.75, 3.05) is 6.54 Å². The third-order valence-corrected chi connectivity index (χ3v) is 5.60. The maximum atomic E-state index is 12.0. The predicted molar refractivity (Wildman–Crippen MR) is 100 cm³/mol. The Bertz CT molecular complexity index is 724. The highest BCUT2D eigenvalue weighted by molar-refractivity contribution is 8.02. The van der Waals surface area contributed by atoms with Gasteiger partial charge in [0.1, 0.15) is 0 Å². The first kappa shape index (κ1) is 18.4. The minimum absolute atomic E-state index is 0.0165. The summed E-state index contributed by atoms with van der Waals surface area (Å²) in [6.07, 6.45) is 0. The number of carbonyl (C=O) groups excluding carboxylic acids is 1. The molecule has 1 heterocycles. The lowest BCUT2D eigenvalue weighted by Gasteiger charge is -2.11. The monoisotopic (exact) mass is 387 g/mol. The summed E-state index contributed by atoms with van der Waals surface area (Å²) in [6, 6.07) is 7.33. The van der Waals surface area contributed by atoms with E-state index in [4.69, 9.17) is 23.8 Å². The molecule has 1 aromatic carbocycles. The van der Waals surface area contributed by atoms with Crippen molar-refractivity contribution in [2.24, 2.45) is 5.92 Å². The molecule has 1 amide bonds. The summed E-state index contributed by atoms with van der Waals surface area (Å²) in [6.45, 7) is 6.69. The number of halogens is 1. The number of benzene rings is 1. The van der Waals surface area contributed by atoms with Crippen LogP contribution in [0.5, 0.6) is 0 Å². The number of hydrogen-bond acceptors (Lipinski definition) is 5. The summed E-state index contributed by atoms with van der Waals surface area (Å²) in [5, 5.41) is 7.88. The fourth-order valence-corrected chi connectivity index (χ4v) is 4.36. The first-order valence-electron chi connectivity index (χ1n) is 7.17. The molecule has 8 heteroatoms. The van der Waals surface area contributed by atoms with Crippen molar-refractivity contribution < 1.29 is 4.79 Å². The number of nitrogens with one attached hydrogen (secondary N) is 1. The smallest absolute Gasteiger partial charge is 0.233 e. The molecule has 0 radical (unpaired) electrons. The Morgan fingerprint density at radius 1 is 1.39 bits per heavy atom. The Morgan fingerprint density at radius 3 is 2.65 bits per heavy atom. The summed E-state index contributed by atoms with van der Waals surface area (Å²) < 4.78 is 3.11. The normalized spacial score (nSPS) is 12.4. The van der Waals surface area contributed by atoms with Gasteiger partial charge < -0.3 is 5.32 Å². The van der Waals surface area contributed by atoms with E-state index in [1.807, 2.05) is 19.1 Å². The van der Waals surface area contributed by atoms with Gasteiger partial charge in [0.15, 0.2) is 8.29 Å². The molecule has 0 aliphatic carbocycles. The van der Waals surface area contributed by atoms with Crippen molar-refractivity contribution in [2.45, 2.75) is 30.4 Å². The zero-order chi connectivity index (χ0) is 17.0. The molecule has 0 aliphatic rings. The average Bonchev–Trinajstić information content (AvgIpc) is 2.86. The Labute approximate surface area is 154 Å². The molecule has 4 nitrogen and oxygen atoms in total. The highest BCUT2D eigenvalue weighted by atomic mass is 35.5. The second-order valence-electron chi connectivity index (χ2n) is 5.42. The number of hydrogen-bond donors (Lipinski definition) is 1. The Balaban J connectivity index is 2.07. The molecule has 2 aromatic rings. The first-order valence-corrected chi connectivity index (χ1v) is 9.65. The van der Waals surface area contributed by atoms with E-state index < -0.39 is 0 Å². The van der Waals surface area contributed by atoms with Crippen molar-refractivity contribution in [1.82, 2.24) is 15.1 Å². The number of rotatable bonds is 6. The van der Waals surface area contributed by atoms with Gasteiger partial charge in [0.2, 0.25) is 5.91 Å². The van der Waals surface area contributed by atoms with Crippen LogP contribution in [-0.4, -0.2) is 27.5 Å². The van der Waals surface area contributed by atoms with Crippen molar-refractivity contribution in [3.8, 4) is 5.69 Å². The fourth-order valence-electron chi connectivity index (χ4n) is 1.71. The molecule has 2 rings (SSSR count). The quantitative estimate of drug-likeness (QED) is 0.582. The maximum absolute atomic E-state index is 12.0. The van der Waals surface area contributed by atoms with E-state index in [1.54, 1.807) is 16.8 Å². The van der Waals surface area contributed by atoms with Crippen LogP contribution in [0.15, 0.2) is 28.6 Å². The number of carbonyl (C=O) groups is 1. The van der Waals surface area contributed by atoms with Crippen LogP contribution in [0.4, 0.5) is 0 Å². The zero-order valence-corrected chi connectivity index (χ0v) is 16.3. The van der Waals surface area contributed by atoms with E-state index in [2.05, 4.69) is 24.3 Å². The van der Waals surface area contributed by atoms with E-state index in [1.165, 1.54) is 23.1 Å². The summed E-state index contributed by atoms with van der Waals surface area (Å²) in [7, 11) is 0. The Kier molecular flexibility index (Phi) is 6.64. The summed E-state index contributed by atoms with van der Waals surface area (Å²) in [5.41, 5.74) is 0.861. The molecule has 0 saturated heterocycles. The van der Waals surface area contributed by atoms with E-state index in [9.17, 15) is 4.79 Å². The molecular formula is C15H18ClN3OS3. The Hall–Kier alpha value is -0.890. The summed E-state index contributed by atoms with van der Waals surface area (Å²) >= 11 is 14.1. The van der Waals surface area contributed by atoms with Crippen molar-refractivity contribution in [3.63, 3.8) is 0 Å². The minimum atomic E-state index is -0.215. The van der Waals surface area contributed by atoms with Crippen LogP contribution in [0.25, 0.3) is 5.69 Å². The second-order valence-corrected chi connectivity index (χ2v) is 9.07. The number of amides is 1. The molecule has 1 aromatic heterocycles.